The van der Waals surface area contributed by atoms with Gasteiger partial charge in [-0.15, -0.1) is 0 Å². The van der Waals surface area contributed by atoms with E-state index in [9.17, 15) is 9.59 Å². The van der Waals surface area contributed by atoms with Crippen molar-refractivity contribution in [1.82, 2.24) is 4.98 Å². The van der Waals surface area contributed by atoms with Gasteiger partial charge < -0.3 is 10.8 Å². The molecular weight excluding hydrogens is 244 g/mol. The number of carbonyl (C=O) groups excluding carboxylic acids is 1. The largest absolute Gasteiger partial charge is 0.478 e. The molecule has 2 aromatic rings. The summed E-state index contributed by atoms with van der Waals surface area (Å²) >= 11 is 0. The molecule has 5 nitrogen and oxygen atoms in total. The first-order chi connectivity index (χ1) is 9.00. The van der Waals surface area contributed by atoms with Crippen LogP contribution in [-0.2, 0) is 0 Å². The van der Waals surface area contributed by atoms with E-state index in [1.807, 2.05) is 0 Å². The van der Waals surface area contributed by atoms with Gasteiger partial charge in [0.25, 0.3) is 0 Å². The highest BCUT2D eigenvalue weighted by Gasteiger charge is 1.97. The molecule has 0 atom stereocenters. The van der Waals surface area contributed by atoms with E-state index in [4.69, 9.17) is 10.8 Å². The molecule has 1 heterocycles. The first kappa shape index (κ1) is 14.4. The Balaban J connectivity index is 0.000000191. The molecule has 2 rings (SSSR count). The monoisotopic (exact) mass is 258 g/mol. The molecule has 0 spiro atoms. The Hall–Kier alpha value is -2.69. The van der Waals surface area contributed by atoms with E-state index in [2.05, 4.69) is 4.98 Å². The van der Waals surface area contributed by atoms with Gasteiger partial charge in [0.2, 0.25) is 0 Å². The summed E-state index contributed by atoms with van der Waals surface area (Å²) in [5.74, 6) is -0.850. The van der Waals surface area contributed by atoms with Crippen LogP contribution in [0.15, 0.2) is 48.8 Å². The minimum Gasteiger partial charge on any atom is -0.478 e. The molecule has 0 aliphatic rings. The van der Waals surface area contributed by atoms with Gasteiger partial charge in [0, 0.05) is 23.6 Å². The third-order valence-corrected chi connectivity index (χ3v) is 2.24. The van der Waals surface area contributed by atoms with Crippen LogP contribution in [0.1, 0.15) is 27.6 Å². The van der Waals surface area contributed by atoms with Gasteiger partial charge in [-0.2, -0.15) is 0 Å². The first-order valence-corrected chi connectivity index (χ1v) is 5.50. The van der Waals surface area contributed by atoms with Crippen LogP contribution in [0.4, 0.5) is 5.69 Å². The van der Waals surface area contributed by atoms with Gasteiger partial charge in [-0.25, -0.2) is 4.79 Å². The molecule has 0 aliphatic carbocycles. The molecule has 0 radical (unpaired) electrons. The summed E-state index contributed by atoms with van der Waals surface area (Å²) in [6.45, 7) is 1.53. The fourth-order valence-corrected chi connectivity index (χ4v) is 1.21. The number of nitrogens with zero attached hydrogens (tertiary/aromatic N) is 1. The summed E-state index contributed by atoms with van der Waals surface area (Å²) in [7, 11) is 0. The van der Waals surface area contributed by atoms with Gasteiger partial charge >= 0.3 is 5.97 Å². The van der Waals surface area contributed by atoms with E-state index in [-0.39, 0.29) is 11.3 Å². The van der Waals surface area contributed by atoms with Crippen molar-refractivity contribution in [3.63, 3.8) is 0 Å². The maximum Gasteiger partial charge on any atom is 0.335 e. The van der Waals surface area contributed by atoms with Crippen LogP contribution >= 0.6 is 0 Å². The van der Waals surface area contributed by atoms with E-state index in [1.165, 1.54) is 31.5 Å². The second-order valence-corrected chi connectivity index (χ2v) is 3.72. The van der Waals surface area contributed by atoms with Gasteiger partial charge in [0.1, 0.15) is 0 Å². The van der Waals surface area contributed by atoms with Gasteiger partial charge in [-0.3, -0.25) is 9.78 Å². The molecule has 98 valence electrons. The van der Waals surface area contributed by atoms with Crippen LogP contribution in [0.5, 0.6) is 0 Å². The number of aromatic nitrogens is 1. The predicted molar refractivity (Wildman–Crippen MR) is 72.1 cm³/mol. The van der Waals surface area contributed by atoms with E-state index in [0.717, 1.165) is 0 Å². The van der Waals surface area contributed by atoms with Crippen LogP contribution in [-0.4, -0.2) is 21.8 Å². The number of Topliss-reactive ketones (excluding diaryl/α,β-unsaturated/α-hetero) is 1. The Morgan fingerprint density at radius 2 is 1.53 bits per heavy atom. The van der Waals surface area contributed by atoms with Crippen molar-refractivity contribution < 1.29 is 14.7 Å². The highest BCUT2D eigenvalue weighted by atomic mass is 16.4. The Kier molecular flexibility index (Phi) is 5.22. The summed E-state index contributed by atoms with van der Waals surface area (Å²) in [6.07, 6.45) is 2.90. The van der Waals surface area contributed by atoms with Crippen LogP contribution in [0.2, 0.25) is 0 Å². The number of nitrogens with two attached hydrogens (primary N) is 1. The maximum absolute atomic E-state index is 10.7. The standard InChI is InChI=1S/C8H9NO.C6H5NO2/c1-6(10)7-2-4-8(9)5-3-7;8-6(9)5-1-3-7-4-2-5/h2-5H,9H2,1H3;1-4H,(H,8,9). The second kappa shape index (κ2) is 6.90. The number of ketones is 1. The molecule has 0 saturated heterocycles. The van der Waals surface area contributed by atoms with Crippen LogP contribution in [0, 0.1) is 0 Å². The van der Waals surface area contributed by atoms with Gasteiger partial charge in [-0.05, 0) is 43.3 Å². The number of pyridine rings is 1. The normalized spacial score (nSPS) is 9.11. The van der Waals surface area contributed by atoms with Crippen molar-refractivity contribution in [3.8, 4) is 0 Å². The molecule has 1 aromatic carbocycles. The molecule has 0 fully saturated rings. The summed E-state index contributed by atoms with van der Waals surface area (Å²) < 4.78 is 0. The SMILES string of the molecule is CC(=O)c1ccc(N)cc1.O=C(O)c1ccncc1. The van der Waals surface area contributed by atoms with Crippen LogP contribution in [0.25, 0.3) is 0 Å². The number of anilines is 1. The molecule has 1 aromatic heterocycles. The van der Waals surface area contributed by atoms with Crippen molar-refractivity contribution in [2.45, 2.75) is 6.92 Å². The highest BCUT2D eigenvalue weighted by Crippen LogP contribution is 2.05. The summed E-state index contributed by atoms with van der Waals surface area (Å²) in [4.78, 5) is 24.6. The van der Waals surface area contributed by atoms with E-state index in [0.29, 0.717) is 11.3 Å². The Bertz CT molecular complexity index is 551. The summed E-state index contributed by atoms with van der Waals surface area (Å²) in [5, 5.41) is 8.36. The van der Waals surface area contributed by atoms with Crippen LogP contribution in [0.3, 0.4) is 0 Å². The summed E-state index contributed by atoms with van der Waals surface area (Å²) in [6, 6.07) is 9.77. The van der Waals surface area contributed by atoms with Gasteiger partial charge in [0.15, 0.2) is 5.78 Å². The molecule has 5 heteroatoms. The third kappa shape index (κ3) is 4.99. The van der Waals surface area contributed by atoms with Gasteiger partial charge in [0.05, 0.1) is 5.56 Å². The van der Waals surface area contributed by atoms with E-state index >= 15 is 0 Å². The molecule has 0 unspecified atom stereocenters. The van der Waals surface area contributed by atoms with Crippen LogP contribution < -0.4 is 5.73 Å². The number of carboxylic acids is 1. The van der Waals surface area contributed by atoms with Gasteiger partial charge in [-0.1, -0.05) is 0 Å². The zero-order chi connectivity index (χ0) is 14.3. The molecule has 0 bridgehead atoms. The highest BCUT2D eigenvalue weighted by molar-refractivity contribution is 5.94. The Labute approximate surface area is 110 Å². The quantitative estimate of drug-likeness (QED) is 0.636. The third-order valence-electron chi connectivity index (χ3n) is 2.24. The number of hydrogen-bond acceptors (Lipinski definition) is 4. The van der Waals surface area contributed by atoms with Crippen molar-refractivity contribution in [2.24, 2.45) is 0 Å². The molecule has 3 N–H and O–H groups in total. The fraction of sp³-hybridized carbons (Fsp3) is 0.0714. The molecular formula is C14H14N2O3. The number of nitrogen functional groups attached to an aromatic ring is 1. The first-order valence-electron chi connectivity index (χ1n) is 5.50. The van der Waals surface area contributed by atoms with Crippen molar-refractivity contribution in [1.29, 1.82) is 0 Å². The lowest BCUT2D eigenvalue weighted by atomic mass is 10.1. The Morgan fingerprint density at radius 1 is 1.00 bits per heavy atom. The van der Waals surface area contributed by atoms with Crippen molar-refractivity contribution in [2.75, 3.05) is 5.73 Å². The lowest BCUT2D eigenvalue weighted by molar-refractivity contribution is 0.0696. The molecule has 0 aliphatic heterocycles. The summed E-state index contributed by atoms with van der Waals surface area (Å²) in [5.41, 5.74) is 7.07. The number of carboxylic acid groups (broad SMARTS) is 1. The second-order valence-electron chi connectivity index (χ2n) is 3.72. The average molecular weight is 258 g/mol. The fourth-order valence-electron chi connectivity index (χ4n) is 1.21. The zero-order valence-electron chi connectivity index (χ0n) is 10.4. The topological polar surface area (TPSA) is 93.3 Å². The molecule has 19 heavy (non-hydrogen) atoms. The van der Waals surface area contributed by atoms with Crippen molar-refractivity contribution >= 4 is 17.4 Å². The molecule has 0 amide bonds. The predicted octanol–water partition coefficient (Wildman–Crippen LogP) is 2.25. The number of aromatic carboxylic acids is 1. The van der Waals surface area contributed by atoms with E-state index in [1.54, 1.807) is 24.3 Å². The number of carbonyl (C=O) groups is 2. The van der Waals surface area contributed by atoms with Crippen molar-refractivity contribution in [3.05, 3.63) is 59.9 Å². The average Bonchev–Trinajstić information content (AvgIpc) is 2.41. The minimum atomic E-state index is -0.919. The minimum absolute atomic E-state index is 0.0694. The zero-order valence-corrected chi connectivity index (χ0v) is 10.4. The number of hydrogen-bond donors (Lipinski definition) is 2. The number of benzene rings is 1. The molecule has 0 saturated carbocycles. The van der Waals surface area contributed by atoms with E-state index < -0.39 is 5.97 Å². The lowest BCUT2D eigenvalue weighted by Gasteiger charge is -1.94. The smallest absolute Gasteiger partial charge is 0.335 e. The number of rotatable bonds is 2. The Morgan fingerprint density at radius 3 is 1.89 bits per heavy atom. The maximum atomic E-state index is 10.7. The lowest BCUT2D eigenvalue weighted by Crippen LogP contribution is -1.94.